The molecule has 2 rings (SSSR count). The van der Waals surface area contributed by atoms with Crippen molar-refractivity contribution in [3.8, 4) is 0 Å². The van der Waals surface area contributed by atoms with Gasteiger partial charge in [0.2, 0.25) is 0 Å². The predicted octanol–water partition coefficient (Wildman–Crippen LogP) is 6.89. The van der Waals surface area contributed by atoms with Crippen LogP contribution in [-0.4, -0.2) is 5.66 Å². The lowest BCUT2D eigenvalue weighted by Crippen LogP contribution is -2.26. The van der Waals surface area contributed by atoms with Gasteiger partial charge in [-0.1, -0.05) is 67.7 Å². The van der Waals surface area contributed by atoms with Crippen molar-refractivity contribution in [3.63, 3.8) is 0 Å². The Hall–Kier alpha value is 0.430. The van der Waals surface area contributed by atoms with Crippen LogP contribution in [0, 0.1) is 53.3 Å². The fourth-order valence-corrected chi connectivity index (χ4v) is 6.91. The molecule has 0 aliphatic heterocycles. The van der Waals surface area contributed by atoms with E-state index in [2.05, 4.69) is 57.7 Å². The van der Waals surface area contributed by atoms with E-state index in [0.29, 0.717) is 0 Å². The van der Waals surface area contributed by atoms with Crippen LogP contribution in [0.2, 0.25) is 0 Å². The second kappa shape index (κ2) is 8.21. The van der Waals surface area contributed by atoms with Crippen LogP contribution in [0.4, 0.5) is 0 Å². The summed E-state index contributed by atoms with van der Waals surface area (Å²) in [6.45, 7) is 17.4. The highest BCUT2D eigenvalue weighted by Crippen LogP contribution is 2.64. The van der Waals surface area contributed by atoms with E-state index in [0.717, 1.165) is 58.9 Å². The zero-order valence-electron chi connectivity index (χ0n) is 16.9. The van der Waals surface area contributed by atoms with Gasteiger partial charge in [0.25, 0.3) is 0 Å². The fraction of sp³-hybridized carbons (Fsp3) is 1.00. The number of fused-ring (bicyclic) bond motifs is 1. The summed E-state index contributed by atoms with van der Waals surface area (Å²) in [5.74, 6) is 8.70. The first-order valence-corrected chi connectivity index (χ1v) is 11.3. The highest BCUT2D eigenvalue weighted by atomic mass is 31.0. The van der Waals surface area contributed by atoms with E-state index in [1.165, 1.54) is 32.1 Å². The summed E-state index contributed by atoms with van der Waals surface area (Å²) in [5.41, 5.74) is 0.775. The van der Waals surface area contributed by atoms with Gasteiger partial charge >= 0.3 is 0 Å². The molecule has 2 aliphatic rings. The van der Waals surface area contributed by atoms with Crippen LogP contribution >= 0.6 is 9.24 Å². The average molecular weight is 339 g/mol. The molecule has 0 aromatic rings. The third kappa shape index (κ3) is 4.16. The Labute approximate surface area is 149 Å². The van der Waals surface area contributed by atoms with Crippen LogP contribution in [0.5, 0.6) is 0 Å². The van der Waals surface area contributed by atoms with Crippen molar-refractivity contribution < 1.29 is 0 Å². The predicted molar refractivity (Wildman–Crippen MR) is 108 cm³/mol. The molecule has 23 heavy (non-hydrogen) atoms. The van der Waals surface area contributed by atoms with Crippen LogP contribution in [0.1, 0.15) is 80.6 Å². The third-order valence-corrected chi connectivity index (χ3v) is 8.13. The zero-order chi connectivity index (χ0) is 17.3. The molecular formula is C22H43P. The topological polar surface area (TPSA) is 0 Å². The van der Waals surface area contributed by atoms with E-state index in [4.69, 9.17) is 0 Å². The van der Waals surface area contributed by atoms with E-state index < -0.39 is 0 Å². The van der Waals surface area contributed by atoms with Crippen LogP contribution < -0.4 is 0 Å². The van der Waals surface area contributed by atoms with Crippen LogP contribution in [-0.2, 0) is 0 Å². The van der Waals surface area contributed by atoms with Crippen molar-refractivity contribution in [2.24, 2.45) is 53.3 Å². The Morgan fingerprint density at radius 1 is 0.957 bits per heavy atom. The second-order valence-corrected chi connectivity index (χ2v) is 10.6. The van der Waals surface area contributed by atoms with E-state index in [1.54, 1.807) is 0 Å². The van der Waals surface area contributed by atoms with Gasteiger partial charge in [0, 0.05) is 0 Å². The summed E-state index contributed by atoms with van der Waals surface area (Å²) in [7, 11) is 3.15. The van der Waals surface area contributed by atoms with Crippen molar-refractivity contribution >= 4 is 9.24 Å². The highest BCUT2D eigenvalue weighted by molar-refractivity contribution is 7.17. The SMILES string of the molecule is CCC1CCC(C)C2C(C(C)C1CC)C2C(CC(C)C)C(C)P. The Morgan fingerprint density at radius 3 is 2.09 bits per heavy atom. The maximum atomic E-state index is 3.15. The molecule has 0 radical (unpaired) electrons. The molecule has 0 bridgehead atoms. The van der Waals surface area contributed by atoms with Crippen molar-refractivity contribution in [3.05, 3.63) is 0 Å². The molecule has 2 saturated carbocycles. The molecule has 1 heteroatoms. The number of hydrogen-bond donors (Lipinski definition) is 0. The monoisotopic (exact) mass is 338 g/mol. The first-order chi connectivity index (χ1) is 10.8. The maximum absolute atomic E-state index is 3.15. The minimum absolute atomic E-state index is 0.775. The molecule has 0 aromatic heterocycles. The van der Waals surface area contributed by atoms with Gasteiger partial charge in [0.1, 0.15) is 0 Å². The third-order valence-electron chi connectivity index (χ3n) is 7.64. The molecule has 0 aromatic carbocycles. The smallest absolute Gasteiger partial charge is 0.0261 e. The molecule has 2 aliphatic carbocycles. The van der Waals surface area contributed by atoms with Crippen molar-refractivity contribution in [1.29, 1.82) is 0 Å². The minimum atomic E-state index is 0.775. The van der Waals surface area contributed by atoms with E-state index in [9.17, 15) is 0 Å². The lowest BCUT2D eigenvalue weighted by molar-refractivity contribution is 0.153. The maximum Gasteiger partial charge on any atom is -0.0261 e. The lowest BCUT2D eigenvalue weighted by Gasteiger charge is -2.34. The molecule has 10 atom stereocenters. The Balaban J connectivity index is 2.21. The van der Waals surface area contributed by atoms with Gasteiger partial charge in [0.15, 0.2) is 0 Å². The van der Waals surface area contributed by atoms with Crippen LogP contribution in [0.25, 0.3) is 0 Å². The highest BCUT2D eigenvalue weighted by Gasteiger charge is 2.59. The normalized spacial score (nSPS) is 43.4. The molecule has 0 amide bonds. The van der Waals surface area contributed by atoms with E-state index >= 15 is 0 Å². The Morgan fingerprint density at radius 2 is 1.61 bits per heavy atom. The quantitative estimate of drug-likeness (QED) is 0.462. The molecule has 0 spiro atoms. The van der Waals surface area contributed by atoms with Crippen molar-refractivity contribution in [2.75, 3.05) is 0 Å². The first-order valence-electron chi connectivity index (χ1n) is 10.6. The average Bonchev–Trinajstić information content (AvgIpc) is 3.21. The molecule has 2 fully saturated rings. The molecule has 10 unspecified atom stereocenters. The molecule has 0 nitrogen and oxygen atoms in total. The summed E-state index contributed by atoms with van der Waals surface area (Å²) in [6.07, 6.45) is 7.19. The summed E-state index contributed by atoms with van der Waals surface area (Å²) in [4.78, 5) is 0. The lowest BCUT2D eigenvalue weighted by atomic mass is 9.71. The van der Waals surface area contributed by atoms with Gasteiger partial charge in [-0.2, -0.15) is 0 Å². The Bertz CT molecular complexity index is 361. The summed E-state index contributed by atoms with van der Waals surface area (Å²) in [5, 5.41) is 0. The molecule has 0 saturated heterocycles. The fourth-order valence-electron chi connectivity index (χ4n) is 6.49. The standard InChI is InChI=1S/C22H43P/c1-8-17-11-10-14(5)20-21(15(6)18(17)9-2)22(20)19(16(7)23)12-13(3)4/h13-22H,8-12,23H2,1-7H3. The van der Waals surface area contributed by atoms with Gasteiger partial charge in [-0.25, -0.2) is 0 Å². The van der Waals surface area contributed by atoms with Gasteiger partial charge < -0.3 is 0 Å². The Kier molecular flexibility index (Phi) is 7.05. The van der Waals surface area contributed by atoms with Crippen LogP contribution in [0.15, 0.2) is 0 Å². The van der Waals surface area contributed by atoms with Gasteiger partial charge in [-0.15, -0.1) is 9.24 Å². The summed E-state index contributed by atoms with van der Waals surface area (Å²) in [6, 6.07) is 0. The largest absolute Gasteiger partial charge is 0.134 e. The van der Waals surface area contributed by atoms with E-state index in [-0.39, 0.29) is 0 Å². The summed E-state index contributed by atoms with van der Waals surface area (Å²) >= 11 is 0. The zero-order valence-corrected chi connectivity index (χ0v) is 18.0. The van der Waals surface area contributed by atoms with Gasteiger partial charge in [-0.3, -0.25) is 0 Å². The van der Waals surface area contributed by atoms with Gasteiger partial charge in [0.05, 0.1) is 0 Å². The number of hydrogen-bond acceptors (Lipinski definition) is 0. The van der Waals surface area contributed by atoms with Crippen molar-refractivity contribution in [2.45, 2.75) is 86.2 Å². The molecule has 0 heterocycles. The number of rotatable bonds is 6. The van der Waals surface area contributed by atoms with Gasteiger partial charge in [-0.05, 0) is 71.8 Å². The molecule has 136 valence electrons. The van der Waals surface area contributed by atoms with Crippen molar-refractivity contribution in [1.82, 2.24) is 0 Å². The summed E-state index contributed by atoms with van der Waals surface area (Å²) < 4.78 is 0. The molecule has 0 N–H and O–H groups in total. The minimum Gasteiger partial charge on any atom is -0.134 e. The first kappa shape index (κ1) is 19.8. The van der Waals surface area contributed by atoms with Crippen LogP contribution in [0.3, 0.4) is 0 Å². The van der Waals surface area contributed by atoms with E-state index in [1.807, 2.05) is 0 Å². The molecular weight excluding hydrogens is 295 g/mol. The second-order valence-electron chi connectivity index (χ2n) is 9.54.